The Morgan fingerprint density at radius 2 is 1.65 bits per heavy atom. The van der Waals surface area contributed by atoms with E-state index in [1.807, 2.05) is 12.1 Å². The number of nitro groups is 1. The maximum Gasteiger partial charge on any atom is 0.274 e. The maximum atomic E-state index is 12.5. The molecule has 0 aliphatic rings. The van der Waals surface area contributed by atoms with E-state index in [2.05, 4.69) is 5.32 Å². The molecule has 3 aromatic carbocycles. The van der Waals surface area contributed by atoms with E-state index in [0.29, 0.717) is 29.1 Å². The van der Waals surface area contributed by atoms with Crippen molar-refractivity contribution in [3.63, 3.8) is 0 Å². The third-order valence-corrected chi connectivity index (χ3v) is 6.68. The predicted octanol–water partition coefficient (Wildman–Crippen LogP) is 4.50. The first-order valence-corrected chi connectivity index (χ1v) is 12.6. The Balaban J connectivity index is 1.70. The first-order chi connectivity index (χ1) is 16.1. The molecule has 34 heavy (non-hydrogen) atoms. The van der Waals surface area contributed by atoms with Crippen molar-refractivity contribution in [2.45, 2.75) is 19.9 Å². The molecule has 0 saturated heterocycles. The molecule has 0 atom stereocenters. The highest BCUT2D eigenvalue weighted by Gasteiger charge is 2.24. The van der Waals surface area contributed by atoms with Gasteiger partial charge in [0.2, 0.25) is 10.0 Å². The summed E-state index contributed by atoms with van der Waals surface area (Å²) >= 11 is 5.87. The summed E-state index contributed by atoms with van der Waals surface area (Å²) in [5.41, 5.74) is 2.47. The minimum absolute atomic E-state index is 0.0285. The van der Waals surface area contributed by atoms with E-state index < -0.39 is 14.9 Å². The van der Waals surface area contributed by atoms with Gasteiger partial charge in [-0.05, 0) is 54.8 Å². The molecule has 0 aliphatic heterocycles. The average molecular weight is 502 g/mol. The molecule has 10 heteroatoms. The number of rotatable bonds is 9. The van der Waals surface area contributed by atoms with Gasteiger partial charge in [0.05, 0.1) is 29.0 Å². The summed E-state index contributed by atoms with van der Waals surface area (Å²) in [4.78, 5) is 23.2. The Hall–Kier alpha value is -3.43. The fourth-order valence-corrected chi connectivity index (χ4v) is 4.53. The average Bonchev–Trinajstić information content (AvgIpc) is 2.78. The van der Waals surface area contributed by atoms with Crippen LogP contribution in [0.15, 0.2) is 66.7 Å². The Morgan fingerprint density at radius 1 is 1.03 bits per heavy atom. The lowest BCUT2D eigenvalue weighted by Gasteiger charge is -2.24. The second kappa shape index (κ2) is 10.7. The molecule has 0 aliphatic carbocycles. The molecule has 0 saturated carbocycles. The predicted molar refractivity (Wildman–Crippen MR) is 133 cm³/mol. The minimum atomic E-state index is -3.73. The Bertz CT molecular complexity index is 1290. The van der Waals surface area contributed by atoms with E-state index in [0.717, 1.165) is 16.1 Å². The summed E-state index contributed by atoms with van der Waals surface area (Å²) in [6, 6.07) is 18.3. The standard InChI is InChI=1S/C24H24ClN3O5S/c1-17-22(4-3-5-23(17)28(30)31)27(34(2,32)33)16-19-6-10-20(11-7-19)24(29)26-15-14-18-8-12-21(25)13-9-18/h3-13H,14-16H2,1-2H3,(H,26,29). The van der Waals surface area contributed by atoms with Crippen molar-refractivity contribution in [1.82, 2.24) is 5.32 Å². The van der Waals surface area contributed by atoms with E-state index in [1.54, 1.807) is 36.4 Å². The van der Waals surface area contributed by atoms with Crippen LogP contribution in [0.1, 0.15) is 27.0 Å². The second-order valence-corrected chi connectivity index (χ2v) is 10.1. The minimum Gasteiger partial charge on any atom is -0.352 e. The van der Waals surface area contributed by atoms with Crippen LogP contribution in [-0.2, 0) is 23.0 Å². The number of hydrogen-bond donors (Lipinski definition) is 1. The van der Waals surface area contributed by atoms with Crippen LogP contribution in [-0.4, -0.2) is 32.0 Å². The van der Waals surface area contributed by atoms with Gasteiger partial charge in [0.25, 0.3) is 11.6 Å². The molecule has 0 unspecified atom stereocenters. The molecular formula is C24H24ClN3O5S. The highest BCUT2D eigenvalue weighted by molar-refractivity contribution is 7.92. The van der Waals surface area contributed by atoms with Gasteiger partial charge < -0.3 is 5.32 Å². The monoisotopic (exact) mass is 501 g/mol. The Morgan fingerprint density at radius 3 is 2.24 bits per heavy atom. The van der Waals surface area contributed by atoms with Crippen LogP contribution in [0, 0.1) is 17.0 Å². The number of sulfonamides is 1. The summed E-state index contributed by atoms with van der Waals surface area (Å²) in [6.45, 7) is 1.94. The van der Waals surface area contributed by atoms with Crippen molar-refractivity contribution in [1.29, 1.82) is 0 Å². The van der Waals surface area contributed by atoms with E-state index in [9.17, 15) is 23.3 Å². The summed E-state index contributed by atoms with van der Waals surface area (Å²) < 4.78 is 26.1. The summed E-state index contributed by atoms with van der Waals surface area (Å²) in [6.07, 6.45) is 1.71. The number of nitrogens with one attached hydrogen (secondary N) is 1. The van der Waals surface area contributed by atoms with E-state index in [-0.39, 0.29) is 29.4 Å². The fourth-order valence-electron chi connectivity index (χ4n) is 3.46. The van der Waals surface area contributed by atoms with Crippen LogP contribution in [0.5, 0.6) is 0 Å². The lowest BCUT2D eigenvalue weighted by atomic mass is 10.1. The normalized spacial score (nSPS) is 11.1. The van der Waals surface area contributed by atoms with Gasteiger partial charge in [-0.2, -0.15) is 0 Å². The largest absolute Gasteiger partial charge is 0.352 e. The molecule has 0 aromatic heterocycles. The van der Waals surface area contributed by atoms with Crippen molar-refractivity contribution in [3.8, 4) is 0 Å². The molecule has 0 bridgehead atoms. The second-order valence-electron chi connectivity index (χ2n) is 7.78. The van der Waals surface area contributed by atoms with Crippen LogP contribution < -0.4 is 9.62 Å². The zero-order chi connectivity index (χ0) is 24.9. The highest BCUT2D eigenvalue weighted by Crippen LogP contribution is 2.31. The molecule has 0 radical (unpaired) electrons. The Labute approximate surface area is 203 Å². The molecule has 1 amide bonds. The molecule has 1 N–H and O–H groups in total. The summed E-state index contributed by atoms with van der Waals surface area (Å²) in [5.74, 6) is -0.241. The van der Waals surface area contributed by atoms with Crippen molar-refractivity contribution in [2.75, 3.05) is 17.1 Å². The van der Waals surface area contributed by atoms with Crippen molar-refractivity contribution < 1.29 is 18.1 Å². The van der Waals surface area contributed by atoms with Gasteiger partial charge in [0.15, 0.2) is 0 Å². The SMILES string of the molecule is Cc1c(N(Cc2ccc(C(=O)NCCc3ccc(Cl)cc3)cc2)S(C)(=O)=O)cccc1[N+](=O)[O-]. The van der Waals surface area contributed by atoms with Crippen molar-refractivity contribution in [2.24, 2.45) is 0 Å². The lowest BCUT2D eigenvalue weighted by Crippen LogP contribution is -2.30. The van der Waals surface area contributed by atoms with Gasteiger partial charge in [-0.3, -0.25) is 19.2 Å². The van der Waals surface area contributed by atoms with Gasteiger partial charge in [-0.1, -0.05) is 41.9 Å². The number of benzene rings is 3. The van der Waals surface area contributed by atoms with Gasteiger partial charge in [-0.15, -0.1) is 0 Å². The molecule has 0 spiro atoms. The number of carbonyl (C=O) groups is 1. The van der Waals surface area contributed by atoms with E-state index in [4.69, 9.17) is 11.6 Å². The number of halogens is 1. The third-order valence-electron chi connectivity index (χ3n) is 5.30. The molecule has 3 aromatic rings. The molecule has 0 heterocycles. The number of anilines is 1. The molecule has 3 rings (SSSR count). The van der Waals surface area contributed by atoms with Crippen LogP contribution >= 0.6 is 11.6 Å². The van der Waals surface area contributed by atoms with Crippen LogP contribution in [0.25, 0.3) is 0 Å². The van der Waals surface area contributed by atoms with E-state index >= 15 is 0 Å². The zero-order valence-corrected chi connectivity index (χ0v) is 20.3. The zero-order valence-electron chi connectivity index (χ0n) is 18.7. The quantitative estimate of drug-likeness (QED) is 0.343. The molecule has 8 nitrogen and oxygen atoms in total. The first-order valence-electron chi connectivity index (χ1n) is 10.4. The van der Waals surface area contributed by atoms with Crippen molar-refractivity contribution in [3.05, 3.63) is 104 Å². The first kappa shape index (κ1) is 25.2. The topological polar surface area (TPSA) is 110 Å². The van der Waals surface area contributed by atoms with E-state index in [1.165, 1.54) is 25.1 Å². The van der Waals surface area contributed by atoms with Crippen molar-refractivity contribution >= 4 is 38.9 Å². The number of amides is 1. The van der Waals surface area contributed by atoms with Crippen LogP contribution in [0.4, 0.5) is 11.4 Å². The number of hydrogen-bond acceptors (Lipinski definition) is 5. The number of carbonyl (C=O) groups excluding carboxylic acids is 1. The van der Waals surface area contributed by atoms with Crippen LogP contribution in [0.3, 0.4) is 0 Å². The maximum absolute atomic E-state index is 12.5. The van der Waals surface area contributed by atoms with Gasteiger partial charge in [-0.25, -0.2) is 8.42 Å². The fraction of sp³-hybridized carbons (Fsp3) is 0.208. The lowest BCUT2D eigenvalue weighted by molar-refractivity contribution is -0.385. The smallest absolute Gasteiger partial charge is 0.274 e. The van der Waals surface area contributed by atoms with Crippen LogP contribution in [0.2, 0.25) is 5.02 Å². The summed E-state index contributed by atoms with van der Waals surface area (Å²) in [5, 5.41) is 14.8. The van der Waals surface area contributed by atoms with Gasteiger partial charge >= 0.3 is 0 Å². The number of nitro benzene ring substituents is 1. The van der Waals surface area contributed by atoms with Gasteiger partial charge in [0.1, 0.15) is 0 Å². The highest BCUT2D eigenvalue weighted by atomic mass is 35.5. The molecular weight excluding hydrogens is 478 g/mol. The van der Waals surface area contributed by atoms with Gasteiger partial charge in [0, 0.05) is 23.2 Å². The Kier molecular flexibility index (Phi) is 7.90. The summed E-state index contributed by atoms with van der Waals surface area (Å²) in [7, 11) is -3.73. The molecule has 0 fully saturated rings. The third kappa shape index (κ3) is 6.33. The number of nitrogens with zero attached hydrogens (tertiary/aromatic N) is 2. The molecule has 178 valence electrons.